The van der Waals surface area contributed by atoms with Crippen molar-refractivity contribution in [1.29, 1.82) is 15.8 Å². The van der Waals surface area contributed by atoms with Crippen molar-refractivity contribution in [3.8, 4) is 18.2 Å². The molecule has 5 saturated heterocycles. The Balaban J connectivity index is 0.000000190. The SMILES string of the molecule is CCOC(=O)CN1CCC(NC(=O)N2CCC(C#N)(Cc3ccccc3)CC2)CC1.CN(C)CCNC(=O)N1CCC(C#N)(c2ccccc2)CC1.CN1CCC(NC(=O)N2CCC(C#N)(Cc3ccccc3)CC2)CC1. The number of carbonyl (C=O) groups excluding carboxylic acids is 4. The maximum atomic E-state index is 12.7. The zero-order valence-corrected chi connectivity index (χ0v) is 46.3. The van der Waals surface area contributed by atoms with E-state index in [9.17, 15) is 35.0 Å². The topological polar surface area (TPSA) is 204 Å². The highest BCUT2D eigenvalue weighted by Gasteiger charge is 2.40. The van der Waals surface area contributed by atoms with Crippen LogP contribution in [0.4, 0.5) is 14.4 Å². The van der Waals surface area contributed by atoms with Crippen LogP contribution in [0.1, 0.15) is 87.8 Å². The van der Waals surface area contributed by atoms with E-state index < -0.39 is 10.8 Å². The first-order chi connectivity index (χ1) is 37.2. The van der Waals surface area contributed by atoms with Crippen molar-refractivity contribution in [1.82, 2.24) is 45.3 Å². The summed E-state index contributed by atoms with van der Waals surface area (Å²) >= 11 is 0. The molecule has 3 aromatic carbocycles. The van der Waals surface area contributed by atoms with Gasteiger partial charge in [-0.25, -0.2) is 14.4 Å². The highest BCUT2D eigenvalue weighted by molar-refractivity contribution is 5.75. The second kappa shape index (κ2) is 29.7. The van der Waals surface area contributed by atoms with E-state index in [-0.39, 0.29) is 41.6 Å². The number of amides is 6. The van der Waals surface area contributed by atoms with Crippen LogP contribution in [-0.4, -0.2) is 178 Å². The second-order valence-electron chi connectivity index (χ2n) is 22.0. The molecule has 5 heterocycles. The molecule has 77 heavy (non-hydrogen) atoms. The number of likely N-dealkylation sites (N-methyl/N-ethyl adjacent to an activating group) is 1. The molecule has 0 aromatic heterocycles. The van der Waals surface area contributed by atoms with Crippen LogP contribution in [0.25, 0.3) is 0 Å². The van der Waals surface area contributed by atoms with Crippen LogP contribution in [0.3, 0.4) is 0 Å². The van der Waals surface area contributed by atoms with Crippen LogP contribution < -0.4 is 16.0 Å². The van der Waals surface area contributed by atoms with Gasteiger partial charge >= 0.3 is 24.1 Å². The van der Waals surface area contributed by atoms with Gasteiger partial charge in [-0.2, -0.15) is 15.8 Å². The summed E-state index contributed by atoms with van der Waals surface area (Å²) in [4.78, 5) is 60.9. The Morgan fingerprint density at radius 1 is 0.584 bits per heavy atom. The van der Waals surface area contributed by atoms with E-state index in [2.05, 4.69) is 75.3 Å². The van der Waals surface area contributed by atoms with Crippen LogP contribution >= 0.6 is 0 Å². The first-order valence-electron chi connectivity index (χ1n) is 27.9. The van der Waals surface area contributed by atoms with Crippen molar-refractivity contribution >= 4 is 24.1 Å². The molecule has 0 radical (unpaired) electrons. The van der Waals surface area contributed by atoms with Crippen LogP contribution in [0, 0.1) is 44.8 Å². The average Bonchev–Trinajstić information content (AvgIpc) is 3.45. The number of hydrogen-bond acceptors (Lipinski definition) is 11. The van der Waals surface area contributed by atoms with E-state index in [0.717, 1.165) is 89.7 Å². The fraction of sp³-hybridized carbons (Fsp3) is 0.583. The first kappa shape index (κ1) is 59.5. The second-order valence-corrected chi connectivity index (χ2v) is 22.0. The minimum absolute atomic E-state index is 0.0264. The Morgan fingerprint density at radius 2 is 1.00 bits per heavy atom. The normalized spacial score (nSPS) is 19.5. The summed E-state index contributed by atoms with van der Waals surface area (Å²) in [5, 5.41) is 38.4. The Bertz CT molecular complexity index is 2420. The van der Waals surface area contributed by atoms with E-state index in [1.54, 1.807) is 0 Å². The smallest absolute Gasteiger partial charge is 0.320 e. The maximum Gasteiger partial charge on any atom is 0.320 e. The molecule has 3 aromatic rings. The number of nitrogens with one attached hydrogen (secondary N) is 3. The summed E-state index contributed by atoms with van der Waals surface area (Å²) < 4.78 is 5.00. The van der Waals surface area contributed by atoms with Crippen LogP contribution in [-0.2, 0) is 27.8 Å². The van der Waals surface area contributed by atoms with E-state index in [4.69, 9.17) is 4.74 Å². The predicted molar refractivity (Wildman–Crippen MR) is 298 cm³/mol. The molecule has 5 aliphatic rings. The Labute approximate surface area is 458 Å². The zero-order valence-electron chi connectivity index (χ0n) is 46.3. The van der Waals surface area contributed by atoms with Gasteiger partial charge in [0.15, 0.2) is 0 Å². The molecular weight excluding hydrogens is 969 g/mol. The van der Waals surface area contributed by atoms with Gasteiger partial charge in [0.05, 0.1) is 47.6 Å². The third-order valence-electron chi connectivity index (χ3n) is 16.2. The fourth-order valence-electron chi connectivity index (χ4n) is 11.0. The van der Waals surface area contributed by atoms with Crippen molar-refractivity contribution in [2.45, 2.75) is 101 Å². The molecule has 17 nitrogen and oxygen atoms in total. The lowest BCUT2D eigenvalue weighted by atomic mass is 9.74. The minimum Gasteiger partial charge on any atom is -0.465 e. The van der Waals surface area contributed by atoms with Gasteiger partial charge < -0.3 is 45.2 Å². The molecular formula is C60H84N12O5. The third-order valence-corrected chi connectivity index (χ3v) is 16.2. The fourth-order valence-corrected chi connectivity index (χ4v) is 11.0. The number of likely N-dealkylation sites (tertiary alicyclic amines) is 5. The van der Waals surface area contributed by atoms with Crippen molar-refractivity contribution in [3.05, 3.63) is 108 Å². The van der Waals surface area contributed by atoms with E-state index in [1.807, 2.05) is 107 Å². The highest BCUT2D eigenvalue weighted by atomic mass is 16.5. The molecule has 6 amide bonds. The number of hydrogen-bond donors (Lipinski definition) is 3. The summed E-state index contributed by atoms with van der Waals surface area (Å²) in [6.45, 7) is 11.4. The van der Waals surface area contributed by atoms with E-state index in [0.29, 0.717) is 84.6 Å². The predicted octanol–water partition coefficient (Wildman–Crippen LogP) is 7.03. The Kier molecular flexibility index (Phi) is 23.0. The van der Waals surface area contributed by atoms with Crippen molar-refractivity contribution in [2.75, 3.05) is 113 Å². The minimum atomic E-state index is -0.457. The molecule has 5 aliphatic heterocycles. The van der Waals surface area contributed by atoms with Crippen molar-refractivity contribution in [3.63, 3.8) is 0 Å². The summed E-state index contributed by atoms with van der Waals surface area (Å²) in [6.07, 6.45) is 9.48. The lowest BCUT2D eigenvalue weighted by Crippen LogP contribution is -2.52. The molecule has 3 N–H and O–H groups in total. The van der Waals surface area contributed by atoms with Crippen LogP contribution in [0.5, 0.6) is 0 Å². The van der Waals surface area contributed by atoms with Gasteiger partial charge in [-0.15, -0.1) is 0 Å². The quantitative estimate of drug-likeness (QED) is 0.148. The van der Waals surface area contributed by atoms with Crippen LogP contribution in [0.15, 0.2) is 91.0 Å². The van der Waals surface area contributed by atoms with Gasteiger partial charge in [0.1, 0.15) is 0 Å². The Morgan fingerprint density at radius 3 is 1.42 bits per heavy atom. The van der Waals surface area contributed by atoms with Crippen molar-refractivity contribution < 1.29 is 23.9 Å². The first-order valence-corrected chi connectivity index (χ1v) is 27.9. The Hall–Kier alpha value is -6.71. The van der Waals surface area contributed by atoms with Gasteiger partial charge in [0.25, 0.3) is 0 Å². The average molecular weight is 1050 g/mol. The van der Waals surface area contributed by atoms with Crippen molar-refractivity contribution in [2.24, 2.45) is 10.8 Å². The van der Waals surface area contributed by atoms with Gasteiger partial charge in [0, 0.05) is 77.5 Å². The summed E-state index contributed by atoms with van der Waals surface area (Å²) in [5.41, 5.74) is 2.24. The molecule has 0 aliphatic carbocycles. The molecule has 0 spiro atoms. The number of piperidine rings is 5. The standard InChI is InChI=1S/C23H32N4O3.C20H28N4O.C17H24N4O/c1-2-30-21(28)17-26-12-8-20(9-13-26)25-22(29)27-14-10-23(18-24,11-15-27)16-19-6-4-3-5-7-19;1-23-11-7-18(8-12-23)22-19(25)24-13-9-20(16-21,10-14-24)15-17-5-3-2-4-6-17;1-20(2)13-10-19-16(22)21-11-8-17(14-18,9-12-21)15-6-4-3-5-7-15/h3-7,20H,2,8-17H2,1H3,(H,25,29);2-6,18H,7-15H2,1H3,(H,22,25);3-7H,8-13H2,1-2H3,(H,19,22). The van der Waals surface area contributed by atoms with Gasteiger partial charge in [-0.3, -0.25) is 9.69 Å². The molecule has 8 rings (SSSR count). The van der Waals surface area contributed by atoms with Gasteiger partial charge in [-0.1, -0.05) is 91.0 Å². The number of carbonyl (C=O) groups is 4. The van der Waals surface area contributed by atoms with Crippen LogP contribution in [0.2, 0.25) is 0 Å². The lowest BCUT2D eigenvalue weighted by molar-refractivity contribution is -0.144. The third kappa shape index (κ3) is 18.2. The number of benzene rings is 3. The number of nitrogens with zero attached hydrogens (tertiary/aromatic N) is 9. The molecule has 0 bridgehead atoms. The van der Waals surface area contributed by atoms with E-state index in [1.165, 1.54) is 11.1 Å². The number of ether oxygens (including phenoxy) is 1. The van der Waals surface area contributed by atoms with Gasteiger partial charge in [-0.05, 0) is 135 Å². The van der Waals surface area contributed by atoms with Gasteiger partial charge in [0.2, 0.25) is 0 Å². The summed E-state index contributed by atoms with van der Waals surface area (Å²) in [7, 11) is 6.08. The molecule has 0 unspecified atom stereocenters. The molecule has 5 fully saturated rings. The number of esters is 1. The molecule has 0 saturated carbocycles. The number of nitriles is 3. The highest BCUT2D eigenvalue weighted by Crippen LogP contribution is 2.37. The summed E-state index contributed by atoms with van der Waals surface area (Å²) in [6, 6.07) is 38.2. The maximum absolute atomic E-state index is 12.7. The molecule has 17 heteroatoms. The molecule has 0 atom stereocenters. The lowest BCUT2D eigenvalue weighted by Gasteiger charge is -2.39. The summed E-state index contributed by atoms with van der Waals surface area (Å²) in [5.74, 6) is -0.190. The zero-order chi connectivity index (χ0) is 55.1. The number of rotatable bonds is 13. The largest absolute Gasteiger partial charge is 0.465 e. The number of urea groups is 3. The molecule has 414 valence electrons. The van der Waals surface area contributed by atoms with E-state index >= 15 is 0 Å². The monoisotopic (exact) mass is 1050 g/mol.